The number of methoxy groups -OCH3 is 1. The van der Waals surface area contributed by atoms with E-state index in [1.165, 1.54) is 31.2 Å². The predicted molar refractivity (Wildman–Crippen MR) is 79.3 cm³/mol. The smallest absolute Gasteiger partial charge is 0.119 e. The van der Waals surface area contributed by atoms with Gasteiger partial charge in [-0.1, -0.05) is 31.4 Å². The Balaban J connectivity index is 2.00. The molecule has 2 rings (SSSR count). The van der Waals surface area contributed by atoms with E-state index in [0.29, 0.717) is 12.1 Å². The molecule has 0 heterocycles. The molecule has 1 saturated carbocycles. The van der Waals surface area contributed by atoms with Crippen LogP contribution in [0.5, 0.6) is 5.75 Å². The second-order valence-electron chi connectivity index (χ2n) is 5.64. The third-order valence-corrected chi connectivity index (χ3v) is 4.16. The van der Waals surface area contributed by atoms with Crippen LogP contribution >= 0.6 is 0 Å². The number of benzene rings is 1. The van der Waals surface area contributed by atoms with Crippen molar-refractivity contribution in [2.24, 2.45) is 5.73 Å². The first-order valence-corrected chi connectivity index (χ1v) is 7.29. The molecule has 106 valence electrons. The SMILES string of the molecule is COc1cccc(CN(C)C2CCCCCC2N)c1. The zero-order chi connectivity index (χ0) is 13.7. The summed E-state index contributed by atoms with van der Waals surface area (Å²) < 4.78 is 5.28. The van der Waals surface area contributed by atoms with Crippen molar-refractivity contribution in [3.63, 3.8) is 0 Å². The summed E-state index contributed by atoms with van der Waals surface area (Å²) in [6.07, 6.45) is 6.30. The van der Waals surface area contributed by atoms with Gasteiger partial charge in [-0.3, -0.25) is 4.90 Å². The molecule has 19 heavy (non-hydrogen) atoms. The lowest BCUT2D eigenvalue weighted by Gasteiger charge is -2.31. The zero-order valence-electron chi connectivity index (χ0n) is 12.1. The maximum Gasteiger partial charge on any atom is 0.119 e. The summed E-state index contributed by atoms with van der Waals surface area (Å²) in [4.78, 5) is 2.41. The van der Waals surface area contributed by atoms with Crippen molar-refractivity contribution in [1.82, 2.24) is 4.90 Å². The fourth-order valence-electron chi connectivity index (χ4n) is 3.04. The van der Waals surface area contributed by atoms with Gasteiger partial charge in [0.1, 0.15) is 5.75 Å². The first-order valence-electron chi connectivity index (χ1n) is 7.29. The van der Waals surface area contributed by atoms with E-state index in [1.807, 2.05) is 6.07 Å². The van der Waals surface area contributed by atoms with Crippen LogP contribution in [0.25, 0.3) is 0 Å². The van der Waals surface area contributed by atoms with Crippen LogP contribution in [0.3, 0.4) is 0 Å². The van der Waals surface area contributed by atoms with E-state index in [-0.39, 0.29) is 0 Å². The minimum atomic E-state index is 0.318. The Morgan fingerprint density at radius 1 is 1.26 bits per heavy atom. The molecule has 0 radical (unpaired) electrons. The van der Waals surface area contributed by atoms with Gasteiger partial charge in [-0.2, -0.15) is 0 Å². The van der Waals surface area contributed by atoms with Gasteiger partial charge in [-0.05, 0) is 37.6 Å². The highest BCUT2D eigenvalue weighted by atomic mass is 16.5. The van der Waals surface area contributed by atoms with Crippen molar-refractivity contribution in [3.05, 3.63) is 29.8 Å². The van der Waals surface area contributed by atoms with Gasteiger partial charge in [0.2, 0.25) is 0 Å². The van der Waals surface area contributed by atoms with E-state index in [0.717, 1.165) is 18.7 Å². The first kappa shape index (κ1) is 14.4. The van der Waals surface area contributed by atoms with Gasteiger partial charge in [0.15, 0.2) is 0 Å². The number of nitrogens with two attached hydrogens (primary N) is 1. The van der Waals surface area contributed by atoms with Gasteiger partial charge in [-0.25, -0.2) is 0 Å². The molecule has 0 saturated heterocycles. The largest absolute Gasteiger partial charge is 0.497 e. The molecule has 0 spiro atoms. The molecule has 1 fully saturated rings. The number of ether oxygens (including phenoxy) is 1. The maximum atomic E-state index is 6.32. The lowest BCUT2D eigenvalue weighted by atomic mass is 10.0. The Labute approximate surface area is 116 Å². The van der Waals surface area contributed by atoms with Gasteiger partial charge in [0, 0.05) is 18.6 Å². The summed E-state index contributed by atoms with van der Waals surface area (Å²) in [6, 6.07) is 9.13. The Morgan fingerprint density at radius 2 is 2.05 bits per heavy atom. The zero-order valence-corrected chi connectivity index (χ0v) is 12.1. The predicted octanol–water partition coefficient (Wildman–Crippen LogP) is 2.79. The summed E-state index contributed by atoms with van der Waals surface area (Å²) in [5, 5.41) is 0. The molecule has 3 nitrogen and oxygen atoms in total. The van der Waals surface area contributed by atoms with Crippen molar-refractivity contribution in [1.29, 1.82) is 0 Å². The van der Waals surface area contributed by atoms with Gasteiger partial charge in [0.05, 0.1) is 7.11 Å². The molecule has 1 aliphatic rings. The molecule has 1 aromatic carbocycles. The summed E-state index contributed by atoms with van der Waals surface area (Å²) in [5.74, 6) is 0.927. The van der Waals surface area contributed by atoms with Crippen LogP contribution in [0.4, 0.5) is 0 Å². The van der Waals surface area contributed by atoms with E-state index in [9.17, 15) is 0 Å². The average molecular weight is 262 g/mol. The second kappa shape index (κ2) is 6.92. The highest BCUT2D eigenvalue weighted by Gasteiger charge is 2.24. The fraction of sp³-hybridized carbons (Fsp3) is 0.625. The van der Waals surface area contributed by atoms with Gasteiger partial charge in [0.25, 0.3) is 0 Å². The van der Waals surface area contributed by atoms with Gasteiger partial charge < -0.3 is 10.5 Å². The van der Waals surface area contributed by atoms with Gasteiger partial charge >= 0.3 is 0 Å². The standard InChI is InChI=1S/C16H26N2O/c1-18(16-10-5-3-4-9-15(16)17)12-13-7-6-8-14(11-13)19-2/h6-8,11,15-16H,3-5,9-10,12,17H2,1-2H3. The van der Waals surface area contributed by atoms with Crippen LogP contribution in [0.1, 0.15) is 37.7 Å². The van der Waals surface area contributed by atoms with Crippen LogP contribution in [0.15, 0.2) is 24.3 Å². The van der Waals surface area contributed by atoms with E-state index in [4.69, 9.17) is 10.5 Å². The van der Waals surface area contributed by atoms with E-state index < -0.39 is 0 Å². The third kappa shape index (κ3) is 3.95. The van der Waals surface area contributed by atoms with Crippen molar-refractivity contribution in [3.8, 4) is 5.75 Å². The number of rotatable bonds is 4. The number of likely N-dealkylation sites (N-methyl/N-ethyl adjacent to an activating group) is 1. The Hall–Kier alpha value is -1.06. The van der Waals surface area contributed by atoms with Crippen LogP contribution in [0, 0.1) is 0 Å². The summed E-state index contributed by atoms with van der Waals surface area (Å²) >= 11 is 0. The highest BCUT2D eigenvalue weighted by molar-refractivity contribution is 5.28. The van der Waals surface area contributed by atoms with Crippen molar-refractivity contribution in [2.45, 2.75) is 50.7 Å². The third-order valence-electron chi connectivity index (χ3n) is 4.16. The molecule has 1 aromatic rings. The molecule has 0 amide bonds. The van der Waals surface area contributed by atoms with Crippen molar-refractivity contribution in [2.75, 3.05) is 14.2 Å². The minimum Gasteiger partial charge on any atom is -0.497 e. The van der Waals surface area contributed by atoms with Crippen LogP contribution in [-0.2, 0) is 6.54 Å². The minimum absolute atomic E-state index is 0.318. The second-order valence-corrected chi connectivity index (χ2v) is 5.64. The van der Waals surface area contributed by atoms with E-state index >= 15 is 0 Å². The topological polar surface area (TPSA) is 38.5 Å². The Morgan fingerprint density at radius 3 is 2.84 bits per heavy atom. The lowest BCUT2D eigenvalue weighted by molar-refractivity contribution is 0.193. The summed E-state index contributed by atoms with van der Waals surface area (Å²) in [6.45, 7) is 0.940. The fourth-order valence-corrected chi connectivity index (χ4v) is 3.04. The first-order chi connectivity index (χ1) is 9.20. The molecule has 0 bridgehead atoms. The van der Waals surface area contributed by atoms with Crippen molar-refractivity contribution < 1.29 is 4.74 Å². The van der Waals surface area contributed by atoms with Gasteiger partial charge in [-0.15, -0.1) is 0 Å². The Bertz CT molecular complexity index is 394. The van der Waals surface area contributed by atoms with Crippen LogP contribution in [-0.4, -0.2) is 31.1 Å². The number of hydrogen-bond donors (Lipinski definition) is 1. The number of nitrogens with zero attached hydrogens (tertiary/aromatic N) is 1. The number of hydrogen-bond acceptors (Lipinski definition) is 3. The molecule has 0 aromatic heterocycles. The molecular weight excluding hydrogens is 236 g/mol. The average Bonchev–Trinajstić information content (AvgIpc) is 2.63. The molecular formula is C16H26N2O. The molecule has 2 unspecified atom stereocenters. The van der Waals surface area contributed by atoms with E-state index in [1.54, 1.807) is 7.11 Å². The highest BCUT2D eigenvalue weighted by Crippen LogP contribution is 2.22. The summed E-state index contributed by atoms with van der Waals surface area (Å²) in [7, 11) is 3.90. The van der Waals surface area contributed by atoms with Crippen molar-refractivity contribution >= 4 is 0 Å². The van der Waals surface area contributed by atoms with E-state index in [2.05, 4.69) is 30.1 Å². The van der Waals surface area contributed by atoms with Crippen LogP contribution in [0.2, 0.25) is 0 Å². The molecule has 2 atom stereocenters. The molecule has 3 heteroatoms. The van der Waals surface area contributed by atoms with Crippen LogP contribution < -0.4 is 10.5 Å². The molecule has 0 aliphatic heterocycles. The normalized spacial score (nSPS) is 24.2. The quantitative estimate of drug-likeness (QED) is 0.848. The lowest BCUT2D eigenvalue weighted by Crippen LogP contribution is -2.44. The molecule has 1 aliphatic carbocycles. The molecule has 2 N–H and O–H groups in total. The summed E-state index contributed by atoms with van der Waals surface area (Å²) in [5.41, 5.74) is 7.61. The monoisotopic (exact) mass is 262 g/mol. The Kier molecular flexibility index (Phi) is 5.23. The maximum absolute atomic E-state index is 6.32.